The molecule has 20 heavy (non-hydrogen) atoms. The number of hydrogen-bond donors (Lipinski definition) is 0. The number of aromatic nitrogens is 1. The zero-order valence-electron chi connectivity index (χ0n) is 12.0. The summed E-state index contributed by atoms with van der Waals surface area (Å²) in [5, 5.41) is 0. The number of methoxy groups -OCH3 is 1. The van der Waals surface area contributed by atoms with Crippen LogP contribution in [-0.4, -0.2) is 29.9 Å². The molecule has 104 valence electrons. The van der Waals surface area contributed by atoms with E-state index in [1.54, 1.807) is 37.5 Å². The van der Waals surface area contributed by atoms with E-state index in [1.807, 2.05) is 31.2 Å². The van der Waals surface area contributed by atoms with Crippen LogP contribution in [-0.2, 0) is 6.54 Å². The lowest BCUT2D eigenvalue weighted by Crippen LogP contribution is -2.26. The minimum Gasteiger partial charge on any atom is -0.496 e. The van der Waals surface area contributed by atoms with Crippen molar-refractivity contribution in [2.24, 2.45) is 0 Å². The molecule has 0 fully saturated rings. The third kappa shape index (κ3) is 3.15. The molecule has 0 aliphatic heterocycles. The van der Waals surface area contributed by atoms with E-state index in [4.69, 9.17) is 4.74 Å². The Labute approximate surface area is 119 Å². The minimum absolute atomic E-state index is 0.0350. The molecule has 1 aromatic carbocycles. The Hall–Kier alpha value is -2.36. The fourth-order valence-electron chi connectivity index (χ4n) is 2.01. The van der Waals surface area contributed by atoms with Crippen LogP contribution < -0.4 is 4.74 Å². The number of nitrogens with zero attached hydrogens (tertiary/aromatic N) is 2. The third-order valence-corrected chi connectivity index (χ3v) is 3.14. The summed E-state index contributed by atoms with van der Waals surface area (Å²) in [6.07, 6.45) is 3.48. The first-order chi connectivity index (χ1) is 9.61. The van der Waals surface area contributed by atoms with E-state index in [9.17, 15) is 4.79 Å². The van der Waals surface area contributed by atoms with Gasteiger partial charge in [-0.1, -0.05) is 12.1 Å². The Morgan fingerprint density at radius 2 is 2.15 bits per heavy atom. The van der Waals surface area contributed by atoms with Crippen molar-refractivity contribution in [3.8, 4) is 5.75 Å². The number of pyridine rings is 1. The molecule has 0 radical (unpaired) electrons. The molecular weight excluding hydrogens is 252 g/mol. The highest BCUT2D eigenvalue weighted by Gasteiger charge is 2.13. The van der Waals surface area contributed by atoms with E-state index < -0.39 is 0 Å². The summed E-state index contributed by atoms with van der Waals surface area (Å²) in [6.45, 7) is 2.48. The third-order valence-electron chi connectivity index (χ3n) is 3.14. The summed E-state index contributed by atoms with van der Waals surface area (Å²) in [5.41, 5.74) is 2.64. The van der Waals surface area contributed by atoms with Gasteiger partial charge in [0.1, 0.15) is 5.75 Å². The highest BCUT2D eigenvalue weighted by atomic mass is 16.5. The molecule has 2 rings (SSSR count). The largest absolute Gasteiger partial charge is 0.496 e. The molecule has 0 aliphatic carbocycles. The smallest absolute Gasteiger partial charge is 0.254 e. The summed E-state index contributed by atoms with van der Waals surface area (Å²) >= 11 is 0. The zero-order valence-corrected chi connectivity index (χ0v) is 12.0. The van der Waals surface area contributed by atoms with Crippen molar-refractivity contribution < 1.29 is 9.53 Å². The molecule has 2 aromatic rings. The van der Waals surface area contributed by atoms with E-state index in [-0.39, 0.29) is 5.91 Å². The van der Waals surface area contributed by atoms with Crippen molar-refractivity contribution in [1.29, 1.82) is 0 Å². The van der Waals surface area contributed by atoms with E-state index in [2.05, 4.69) is 4.98 Å². The lowest BCUT2D eigenvalue weighted by molar-refractivity contribution is 0.0784. The molecule has 4 heteroatoms. The summed E-state index contributed by atoms with van der Waals surface area (Å²) in [6, 6.07) is 9.30. The molecule has 0 aliphatic rings. The monoisotopic (exact) mass is 270 g/mol. The number of carbonyl (C=O) groups excluding carboxylic acids is 1. The van der Waals surface area contributed by atoms with Gasteiger partial charge in [0.2, 0.25) is 0 Å². The Morgan fingerprint density at radius 3 is 2.80 bits per heavy atom. The second-order valence-electron chi connectivity index (χ2n) is 4.71. The second-order valence-corrected chi connectivity index (χ2v) is 4.71. The summed E-state index contributed by atoms with van der Waals surface area (Å²) in [5.74, 6) is 0.692. The zero-order chi connectivity index (χ0) is 14.5. The quantitative estimate of drug-likeness (QED) is 0.857. The van der Waals surface area contributed by atoms with Gasteiger partial charge in [-0.2, -0.15) is 0 Å². The Balaban J connectivity index is 2.14. The molecule has 0 saturated carbocycles. The average Bonchev–Trinajstić information content (AvgIpc) is 2.48. The van der Waals surface area contributed by atoms with Crippen LogP contribution in [0.15, 0.2) is 42.7 Å². The van der Waals surface area contributed by atoms with Crippen LogP contribution in [0.2, 0.25) is 0 Å². The molecule has 0 bridgehead atoms. The van der Waals surface area contributed by atoms with E-state index in [0.29, 0.717) is 12.1 Å². The highest BCUT2D eigenvalue weighted by molar-refractivity contribution is 5.94. The van der Waals surface area contributed by atoms with Crippen LogP contribution in [0.5, 0.6) is 5.75 Å². The lowest BCUT2D eigenvalue weighted by atomic mass is 10.1. The number of benzene rings is 1. The second kappa shape index (κ2) is 6.19. The number of aryl methyl sites for hydroxylation is 1. The van der Waals surface area contributed by atoms with E-state index in [1.165, 1.54) is 0 Å². The van der Waals surface area contributed by atoms with Gasteiger partial charge in [-0.25, -0.2) is 0 Å². The van der Waals surface area contributed by atoms with Gasteiger partial charge in [-0.3, -0.25) is 9.78 Å². The van der Waals surface area contributed by atoms with Crippen LogP contribution in [0, 0.1) is 6.92 Å². The minimum atomic E-state index is -0.0350. The topological polar surface area (TPSA) is 42.4 Å². The molecule has 0 spiro atoms. The lowest BCUT2D eigenvalue weighted by Gasteiger charge is -2.18. The van der Waals surface area contributed by atoms with Crippen molar-refractivity contribution in [1.82, 2.24) is 9.88 Å². The van der Waals surface area contributed by atoms with Crippen molar-refractivity contribution >= 4 is 5.91 Å². The van der Waals surface area contributed by atoms with Gasteiger partial charge >= 0.3 is 0 Å². The van der Waals surface area contributed by atoms with E-state index >= 15 is 0 Å². The SMILES string of the molecule is COc1cc(C(=O)N(C)Cc2cccnc2)ccc1C. The molecule has 0 atom stereocenters. The van der Waals surface area contributed by atoms with Crippen LogP contribution >= 0.6 is 0 Å². The van der Waals surface area contributed by atoms with Crippen molar-refractivity contribution in [2.45, 2.75) is 13.5 Å². The van der Waals surface area contributed by atoms with Gasteiger partial charge in [0.25, 0.3) is 5.91 Å². The van der Waals surface area contributed by atoms with Crippen LogP contribution in [0.1, 0.15) is 21.5 Å². The van der Waals surface area contributed by atoms with Crippen molar-refractivity contribution in [3.63, 3.8) is 0 Å². The van der Waals surface area contributed by atoms with Gasteiger partial charge in [-0.15, -0.1) is 0 Å². The molecule has 1 aromatic heterocycles. The number of hydrogen-bond acceptors (Lipinski definition) is 3. The maximum absolute atomic E-state index is 12.4. The van der Waals surface area contributed by atoms with Gasteiger partial charge in [0, 0.05) is 31.5 Å². The molecule has 0 unspecified atom stereocenters. The Bertz CT molecular complexity index is 597. The summed E-state index contributed by atoms with van der Waals surface area (Å²) in [7, 11) is 3.39. The molecule has 0 N–H and O–H groups in total. The first-order valence-electron chi connectivity index (χ1n) is 6.41. The van der Waals surface area contributed by atoms with E-state index in [0.717, 1.165) is 16.9 Å². The van der Waals surface area contributed by atoms with Crippen LogP contribution in [0.25, 0.3) is 0 Å². The van der Waals surface area contributed by atoms with Crippen molar-refractivity contribution in [2.75, 3.05) is 14.2 Å². The standard InChI is InChI=1S/C16H18N2O2/c1-12-6-7-14(9-15(12)20-3)16(19)18(2)11-13-5-4-8-17-10-13/h4-10H,11H2,1-3H3. The van der Waals surface area contributed by atoms with Crippen molar-refractivity contribution in [3.05, 3.63) is 59.4 Å². The Kier molecular flexibility index (Phi) is 4.35. The van der Waals surface area contributed by atoms with Gasteiger partial charge in [-0.05, 0) is 36.2 Å². The van der Waals surface area contributed by atoms with Gasteiger partial charge < -0.3 is 9.64 Å². The predicted octanol–water partition coefficient (Wildman–Crippen LogP) is 2.67. The van der Waals surface area contributed by atoms with Gasteiger partial charge in [0.05, 0.1) is 7.11 Å². The fourth-order valence-corrected chi connectivity index (χ4v) is 2.01. The highest BCUT2D eigenvalue weighted by Crippen LogP contribution is 2.20. The van der Waals surface area contributed by atoms with Crippen LogP contribution in [0.3, 0.4) is 0 Å². The number of rotatable bonds is 4. The summed E-state index contributed by atoms with van der Waals surface area (Å²) in [4.78, 5) is 18.1. The molecular formula is C16H18N2O2. The molecule has 0 saturated heterocycles. The fraction of sp³-hybridized carbons (Fsp3) is 0.250. The molecule has 1 heterocycles. The number of amides is 1. The maximum Gasteiger partial charge on any atom is 0.254 e. The average molecular weight is 270 g/mol. The van der Waals surface area contributed by atoms with Gasteiger partial charge in [0.15, 0.2) is 0 Å². The number of ether oxygens (including phenoxy) is 1. The first-order valence-corrected chi connectivity index (χ1v) is 6.41. The summed E-state index contributed by atoms with van der Waals surface area (Å²) < 4.78 is 5.25. The normalized spacial score (nSPS) is 10.2. The predicted molar refractivity (Wildman–Crippen MR) is 77.8 cm³/mol. The molecule has 4 nitrogen and oxygen atoms in total. The van der Waals surface area contributed by atoms with Crippen LogP contribution in [0.4, 0.5) is 0 Å². The first kappa shape index (κ1) is 14.1. The maximum atomic E-state index is 12.4. The molecule has 1 amide bonds. The number of carbonyl (C=O) groups is 1. The Morgan fingerprint density at radius 1 is 1.35 bits per heavy atom.